The van der Waals surface area contributed by atoms with E-state index in [-0.39, 0.29) is 35.7 Å². The quantitative estimate of drug-likeness (QED) is 0.549. The molecule has 1 aliphatic rings. The van der Waals surface area contributed by atoms with Crippen molar-refractivity contribution in [3.63, 3.8) is 0 Å². The monoisotopic (exact) mass is 340 g/mol. The number of nitrogens with one attached hydrogen (secondary N) is 1. The third-order valence-electron chi connectivity index (χ3n) is 2.99. The van der Waals surface area contributed by atoms with Crippen LogP contribution in [-0.2, 0) is 16.1 Å². The Morgan fingerprint density at radius 1 is 1.35 bits per heavy atom. The van der Waals surface area contributed by atoms with E-state index in [9.17, 15) is 29.3 Å². The van der Waals surface area contributed by atoms with Gasteiger partial charge in [0, 0.05) is 25.2 Å². The maximum atomic E-state index is 11.7. The van der Waals surface area contributed by atoms with Crippen LogP contribution in [-0.4, -0.2) is 50.3 Å². The Labute approximate surface area is 133 Å². The Hall–Kier alpha value is -2.69. The Bertz CT molecular complexity index is 715. The van der Waals surface area contributed by atoms with Gasteiger partial charge in [-0.25, -0.2) is 0 Å². The van der Waals surface area contributed by atoms with Gasteiger partial charge in [-0.15, -0.1) is 0 Å². The number of carbonyl (C=O) groups excluding carboxylic acids is 3. The number of amides is 3. The van der Waals surface area contributed by atoms with Crippen molar-refractivity contribution in [2.45, 2.75) is 6.54 Å². The summed E-state index contributed by atoms with van der Waals surface area (Å²) in [6.45, 7) is -0.308. The number of carbonyl (C=O) groups is 3. The molecule has 3 amide bonds. The van der Waals surface area contributed by atoms with Crippen LogP contribution in [0.1, 0.15) is 0 Å². The minimum absolute atomic E-state index is 0.0419. The summed E-state index contributed by atoms with van der Waals surface area (Å²) in [5, 5.41) is 12.7. The predicted molar refractivity (Wildman–Crippen MR) is 79.9 cm³/mol. The number of nitrogens with zero attached hydrogens (tertiary/aromatic N) is 3. The van der Waals surface area contributed by atoms with Gasteiger partial charge in [0.05, 0.1) is 16.9 Å². The van der Waals surface area contributed by atoms with Crippen LogP contribution in [0.5, 0.6) is 0 Å². The fourth-order valence-electron chi connectivity index (χ4n) is 1.87. The minimum Gasteiger partial charge on any atom is -0.353 e. The maximum Gasteiger partial charge on any atom is 0.288 e. The van der Waals surface area contributed by atoms with Gasteiger partial charge in [0.1, 0.15) is 6.54 Å². The second-order valence-corrected chi connectivity index (χ2v) is 5.49. The highest BCUT2D eigenvalue weighted by molar-refractivity contribution is 8.14. The van der Waals surface area contributed by atoms with Crippen molar-refractivity contribution in [2.75, 3.05) is 18.8 Å². The van der Waals surface area contributed by atoms with Crippen LogP contribution in [0, 0.1) is 10.1 Å². The second-order valence-electron chi connectivity index (χ2n) is 4.56. The molecule has 0 saturated carbocycles. The van der Waals surface area contributed by atoms with Gasteiger partial charge in [0.25, 0.3) is 16.5 Å². The largest absolute Gasteiger partial charge is 0.353 e. The molecule has 0 bridgehead atoms. The molecule has 2 heterocycles. The van der Waals surface area contributed by atoms with Gasteiger partial charge in [-0.1, -0.05) is 11.8 Å². The molecule has 0 aliphatic carbocycles. The lowest BCUT2D eigenvalue weighted by atomic mass is 10.4. The number of hydrogen-bond donors (Lipinski definition) is 1. The zero-order valence-corrected chi connectivity index (χ0v) is 12.6. The lowest BCUT2D eigenvalue weighted by molar-refractivity contribution is -0.385. The van der Waals surface area contributed by atoms with Crippen LogP contribution < -0.4 is 10.9 Å². The van der Waals surface area contributed by atoms with E-state index in [1.165, 1.54) is 0 Å². The van der Waals surface area contributed by atoms with Gasteiger partial charge in [-0.2, -0.15) is 0 Å². The summed E-state index contributed by atoms with van der Waals surface area (Å²) < 4.78 is 0.912. The number of nitro groups is 1. The number of pyridine rings is 1. The standard InChI is InChI=1S/C12H12N4O6S/c17-9(13-3-4-15-11(19)7-23-12(15)20)6-14-5-8(16(21)22)1-2-10(14)18/h1-2,5H,3-4,6-7H2,(H,13,17). The number of thioether (sulfide) groups is 1. The normalized spacial score (nSPS) is 14.2. The van der Waals surface area contributed by atoms with Gasteiger partial charge in [0.2, 0.25) is 11.8 Å². The molecule has 0 spiro atoms. The number of hydrogen-bond acceptors (Lipinski definition) is 7. The Morgan fingerprint density at radius 2 is 2.09 bits per heavy atom. The molecule has 1 N–H and O–H groups in total. The highest BCUT2D eigenvalue weighted by Gasteiger charge is 2.29. The molecule has 11 heteroatoms. The molecule has 0 atom stereocenters. The summed E-state index contributed by atoms with van der Waals surface area (Å²) in [5.41, 5.74) is -0.852. The summed E-state index contributed by atoms with van der Waals surface area (Å²) in [5.74, 6) is -0.779. The van der Waals surface area contributed by atoms with Crippen molar-refractivity contribution in [1.82, 2.24) is 14.8 Å². The summed E-state index contributed by atoms with van der Waals surface area (Å²) in [6.07, 6.45) is 0.978. The maximum absolute atomic E-state index is 11.7. The molecule has 1 aromatic heterocycles. The molecule has 1 aliphatic heterocycles. The molecule has 10 nitrogen and oxygen atoms in total. The SMILES string of the molecule is O=C(Cn1cc([N+](=O)[O-])ccc1=O)NCCN1C(=O)CSC1=O. The summed E-state index contributed by atoms with van der Waals surface area (Å²) in [7, 11) is 0. The van der Waals surface area contributed by atoms with Gasteiger partial charge < -0.3 is 5.32 Å². The van der Waals surface area contributed by atoms with Crippen LogP contribution in [0.2, 0.25) is 0 Å². The van der Waals surface area contributed by atoms with Crippen molar-refractivity contribution in [1.29, 1.82) is 0 Å². The first kappa shape index (κ1) is 16.7. The molecule has 1 aromatic rings. The van der Waals surface area contributed by atoms with E-state index in [2.05, 4.69) is 5.32 Å². The Balaban J connectivity index is 1.89. The van der Waals surface area contributed by atoms with Crippen molar-refractivity contribution < 1.29 is 19.3 Å². The lowest BCUT2D eigenvalue weighted by Gasteiger charge is -2.13. The van der Waals surface area contributed by atoms with E-state index in [0.717, 1.165) is 39.6 Å². The Morgan fingerprint density at radius 3 is 2.70 bits per heavy atom. The second kappa shape index (κ2) is 7.05. The molecule has 23 heavy (non-hydrogen) atoms. The zero-order valence-electron chi connectivity index (χ0n) is 11.8. The van der Waals surface area contributed by atoms with E-state index in [4.69, 9.17) is 0 Å². The van der Waals surface area contributed by atoms with Gasteiger partial charge in [-0.3, -0.25) is 38.8 Å². The molecule has 1 saturated heterocycles. The molecular weight excluding hydrogens is 328 g/mol. The van der Waals surface area contributed by atoms with E-state index >= 15 is 0 Å². The van der Waals surface area contributed by atoms with Gasteiger partial charge in [0.15, 0.2) is 0 Å². The number of aromatic nitrogens is 1. The highest BCUT2D eigenvalue weighted by atomic mass is 32.2. The van der Waals surface area contributed by atoms with Crippen LogP contribution in [0.15, 0.2) is 23.1 Å². The third kappa shape index (κ3) is 4.16. The van der Waals surface area contributed by atoms with Crippen molar-refractivity contribution in [3.05, 3.63) is 38.8 Å². The van der Waals surface area contributed by atoms with Crippen LogP contribution >= 0.6 is 11.8 Å². The van der Waals surface area contributed by atoms with E-state index in [0.29, 0.717) is 0 Å². The first-order valence-electron chi connectivity index (χ1n) is 6.47. The average Bonchev–Trinajstić information content (AvgIpc) is 2.81. The van der Waals surface area contributed by atoms with Crippen LogP contribution in [0.3, 0.4) is 0 Å². The third-order valence-corrected chi connectivity index (χ3v) is 3.85. The molecule has 1 fully saturated rings. The minimum atomic E-state index is -0.671. The van der Waals surface area contributed by atoms with Gasteiger partial charge >= 0.3 is 0 Å². The van der Waals surface area contributed by atoms with Crippen LogP contribution in [0.25, 0.3) is 0 Å². The summed E-state index contributed by atoms with van der Waals surface area (Å²) in [6, 6.07) is 2.06. The highest BCUT2D eigenvalue weighted by Crippen LogP contribution is 2.17. The predicted octanol–water partition coefficient (Wildman–Crippen LogP) is -0.432. The van der Waals surface area contributed by atoms with Crippen LogP contribution in [0.4, 0.5) is 10.5 Å². The lowest BCUT2D eigenvalue weighted by Crippen LogP contribution is -2.39. The summed E-state index contributed by atoms with van der Waals surface area (Å²) in [4.78, 5) is 57.0. The summed E-state index contributed by atoms with van der Waals surface area (Å²) >= 11 is 0.897. The van der Waals surface area contributed by atoms with Crippen molar-refractivity contribution in [2.24, 2.45) is 0 Å². The van der Waals surface area contributed by atoms with E-state index < -0.39 is 22.9 Å². The van der Waals surface area contributed by atoms with Crippen molar-refractivity contribution in [3.8, 4) is 0 Å². The average molecular weight is 340 g/mol. The zero-order chi connectivity index (χ0) is 17.0. The smallest absolute Gasteiger partial charge is 0.288 e. The van der Waals surface area contributed by atoms with E-state index in [1.54, 1.807) is 0 Å². The molecular formula is C12H12N4O6S. The molecule has 122 valence electrons. The first-order chi connectivity index (χ1) is 10.9. The van der Waals surface area contributed by atoms with Gasteiger partial charge in [-0.05, 0) is 0 Å². The number of imide groups is 1. The molecule has 2 rings (SSSR count). The number of rotatable bonds is 6. The molecule has 0 unspecified atom stereocenters. The fraction of sp³-hybridized carbons (Fsp3) is 0.333. The fourth-order valence-corrected chi connectivity index (χ4v) is 2.62. The van der Waals surface area contributed by atoms with Crippen molar-refractivity contribution >= 4 is 34.5 Å². The molecule has 0 aromatic carbocycles. The Kier molecular flexibility index (Phi) is 5.11. The first-order valence-corrected chi connectivity index (χ1v) is 7.46. The van der Waals surface area contributed by atoms with E-state index in [1.807, 2.05) is 0 Å². The topological polar surface area (TPSA) is 132 Å². The molecule has 0 radical (unpaired) electrons.